The number of benzene rings is 1. The Morgan fingerprint density at radius 2 is 1.80 bits per heavy atom. The molecule has 0 radical (unpaired) electrons. The second kappa shape index (κ2) is 4.72. The van der Waals surface area contributed by atoms with Crippen molar-refractivity contribution in [3.05, 3.63) is 30.1 Å². The Bertz CT molecular complexity index is 412. The smallest absolute Gasteiger partial charge is 0.191 e. The molecule has 0 bridgehead atoms. The van der Waals surface area contributed by atoms with Crippen LogP contribution in [0, 0.1) is 5.82 Å². The summed E-state index contributed by atoms with van der Waals surface area (Å²) < 4.78 is 35.9. The quantitative estimate of drug-likeness (QED) is 0.800. The van der Waals surface area contributed by atoms with Crippen LogP contribution in [0.15, 0.2) is 29.2 Å². The predicted molar refractivity (Wildman–Crippen MR) is 56.7 cm³/mol. The molecule has 5 heteroatoms. The highest BCUT2D eigenvalue weighted by Gasteiger charge is 2.14. The second-order valence-electron chi connectivity index (χ2n) is 3.57. The zero-order valence-corrected chi connectivity index (χ0v) is 9.51. The molecule has 0 aromatic heterocycles. The summed E-state index contributed by atoms with van der Waals surface area (Å²) in [5.74, 6) is -0.568. The lowest BCUT2D eigenvalue weighted by atomic mass is 10.4. The Morgan fingerprint density at radius 3 is 2.27 bits per heavy atom. The van der Waals surface area contributed by atoms with Gasteiger partial charge in [0.05, 0.1) is 4.90 Å². The Labute approximate surface area is 89.2 Å². The average Bonchev–Trinajstić information content (AvgIpc) is 2.16. The lowest BCUT2D eigenvalue weighted by molar-refractivity contribution is 0.572. The van der Waals surface area contributed by atoms with Crippen molar-refractivity contribution < 1.29 is 12.8 Å². The van der Waals surface area contributed by atoms with Gasteiger partial charge in [-0.2, -0.15) is 0 Å². The molecule has 0 spiro atoms. The van der Waals surface area contributed by atoms with Crippen LogP contribution < -0.4 is 5.32 Å². The third-order valence-electron chi connectivity index (χ3n) is 1.85. The van der Waals surface area contributed by atoms with E-state index in [1.807, 2.05) is 13.8 Å². The summed E-state index contributed by atoms with van der Waals surface area (Å²) in [7, 11) is -3.35. The fourth-order valence-electron chi connectivity index (χ4n) is 1.00. The number of rotatable bonds is 4. The van der Waals surface area contributed by atoms with Gasteiger partial charge in [0.25, 0.3) is 0 Å². The predicted octanol–water partition coefficient (Wildman–Crippen LogP) is 1.55. The highest BCUT2D eigenvalue weighted by atomic mass is 32.2. The van der Waals surface area contributed by atoms with E-state index in [0.717, 1.165) is 12.1 Å². The van der Waals surface area contributed by atoms with Crippen LogP contribution in [0.1, 0.15) is 13.8 Å². The molecule has 1 aromatic rings. The van der Waals surface area contributed by atoms with Gasteiger partial charge in [-0.05, 0) is 38.1 Å². The van der Waals surface area contributed by atoms with E-state index in [2.05, 4.69) is 5.32 Å². The first-order chi connectivity index (χ1) is 6.92. The van der Waals surface area contributed by atoms with Crippen molar-refractivity contribution in [2.75, 3.05) is 5.88 Å². The van der Waals surface area contributed by atoms with Gasteiger partial charge in [0, 0.05) is 6.04 Å². The summed E-state index contributed by atoms with van der Waals surface area (Å²) in [5.41, 5.74) is 0. The van der Waals surface area contributed by atoms with E-state index in [4.69, 9.17) is 0 Å². The monoisotopic (exact) mass is 231 g/mol. The molecule has 0 fully saturated rings. The standard InChI is InChI=1S/C10H14FNO2S/c1-8(2)12-7-15(13,14)10-5-3-9(11)4-6-10/h3-6,8,12H,7H2,1-2H3. The van der Waals surface area contributed by atoms with Crippen molar-refractivity contribution in [3.63, 3.8) is 0 Å². The van der Waals surface area contributed by atoms with Crippen molar-refractivity contribution >= 4 is 9.84 Å². The zero-order chi connectivity index (χ0) is 11.5. The number of nitrogens with one attached hydrogen (secondary N) is 1. The first-order valence-electron chi connectivity index (χ1n) is 4.63. The maximum atomic E-state index is 12.6. The molecule has 0 heterocycles. The van der Waals surface area contributed by atoms with Gasteiger partial charge < -0.3 is 5.32 Å². The second-order valence-corrected chi connectivity index (χ2v) is 5.56. The van der Waals surface area contributed by atoms with Crippen molar-refractivity contribution in [2.45, 2.75) is 24.8 Å². The maximum Gasteiger partial charge on any atom is 0.191 e. The van der Waals surface area contributed by atoms with Crippen LogP contribution in [0.2, 0.25) is 0 Å². The molecule has 1 rings (SSSR count). The molecule has 15 heavy (non-hydrogen) atoms. The van der Waals surface area contributed by atoms with Crippen LogP contribution in [-0.4, -0.2) is 20.3 Å². The number of halogens is 1. The highest BCUT2D eigenvalue weighted by molar-refractivity contribution is 7.91. The topological polar surface area (TPSA) is 46.2 Å². The fraction of sp³-hybridized carbons (Fsp3) is 0.400. The molecular formula is C10H14FNO2S. The van der Waals surface area contributed by atoms with Crippen molar-refractivity contribution in [1.29, 1.82) is 0 Å². The molecule has 0 aliphatic carbocycles. The van der Waals surface area contributed by atoms with E-state index in [1.165, 1.54) is 12.1 Å². The van der Waals surface area contributed by atoms with Gasteiger partial charge in [0.15, 0.2) is 9.84 Å². The fourth-order valence-corrected chi connectivity index (χ4v) is 2.27. The lowest BCUT2D eigenvalue weighted by Crippen LogP contribution is -2.29. The SMILES string of the molecule is CC(C)NCS(=O)(=O)c1ccc(F)cc1. The van der Waals surface area contributed by atoms with Crippen LogP contribution in [0.5, 0.6) is 0 Å². The van der Waals surface area contributed by atoms with E-state index in [1.54, 1.807) is 0 Å². The maximum absolute atomic E-state index is 12.6. The molecule has 0 saturated carbocycles. The number of hydrogen-bond acceptors (Lipinski definition) is 3. The normalized spacial score (nSPS) is 12.0. The molecule has 0 unspecified atom stereocenters. The van der Waals surface area contributed by atoms with E-state index in [9.17, 15) is 12.8 Å². The van der Waals surface area contributed by atoms with Gasteiger partial charge in [0.1, 0.15) is 11.7 Å². The summed E-state index contributed by atoms with van der Waals surface area (Å²) in [4.78, 5) is 0.136. The molecule has 0 aliphatic heterocycles. The van der Waals surface area contributed by atoms with Crippen molar-refractivity contribution in [3.8, 4) is 0 Å². The van der Waals surface area contributed by atoms with Crippen molar-refractivity contribution in [2.24, 2.45) is 0 Å². The highest BCUT2D eigenvalue weighted by Crippen LogP contribution is 2.10. The molecule has 0 aliphatic rings. The summed E-state index contributed by atoms with van der Waals surface area (Å²) >= 11 is 0. The van der Waals surface area contributed by atoms with Crippen LogP contribution in [-0.2, 0) is 9.84 Å². The summed E-state index contributed by atoms with van der Waals surface area (Å²) in [6.07, 6.45) is 0. The van der Waals surface area contributed by atoms with E-state index >= 15 is 0 Å². The minimum absolute atomic E-state index is 0.0974. The van der Waals surface area contributed by atoms with Crippen LogP contribution in [0.3, 0.4) is 0 Å². The Hall–Kier alpha value is -0.940. The Balaban J connectivity index is 2.82. The average molecular weight is 231 g/mol. The van der Waals surface area contributed by atoms with Gasteiger partial charge >= 0.3 is 0 Å². The molecule has 3 nitrogen and oxygen atoms in total. The molecule has 0 atom stereocenters. The van der Waals surface area contributed by atoms with Gasteiger partial charge in [-0.3, -0.25) is 0 Å². The van der Waals surface area contributed by atoms with Gasteiger partial charge in [-0.1, -0.05) is 0 Å². The van der Waals surface area contributed by atoms with Gasteiger partial charge in [-0.25, -0.2) is 12.8 Å². The largest absolute Gasteiger partial charge is 0.301 e. The van der Waals surface area contributed by atoms with Crippen molar-refractivity contribution in [1.82, 2.24) is 5.32 Å². The number of sulfone groups is 1. The Kier molecular flexibility index (Phi) is 3.82. The molecule has 1 aromatic carbocycles. The number of hydrogen-bond donors (Lipinski definition) is 1. The van der Waals surface area contributed by atoms with E-state index in [-0.39, 0.29) is 16.8 Å². The lowest BCUT2D eigenvalue weighted by Gasteiger charge is -2.08. The van der Waals surface area contributed by atoms with Crippen LogP contribution in [0.4, 0.5) is 4.39 Å². The van der Waals surface area contributed by atoms with E-state index in [0.29, 0.717) is 0 Å². The molecule has 0 saturated heterocycles. The minimum Gasteiger partial charge on any atom is -0.301 e. The molecule has 0 amide bonds. The van der Waals surface area contributed by atoms with Gasteiger partial charge in [-0.15, -0.1) is 0 Å². The summed E-state index contributed by atoms with van der Waals surface area (Å²) in [6, 6.07) is 4.92. The third-order valence-corrected chi connectivity index (χ3v) is 3.39. The summed E-state index contributed by atoms with van der Waals surface area (Å²) in [5, 5.41) is 2.82. The first-order valence-corrected chi connectivity index (χ1v) is 6.29. The van der Waals surface area contributed by atoms with Crippen LogP contribution in [0.25, 0.3) is 0 Å². The summed E-state index contributed by atoms with van der Waals surface area (Å²) in [6.45, 7) is 3.72. The van der Waals surface area contributed by atoms with Crippen LogP contribution >= 0.6 is 0 Å². The van der Waals surface area contributed by atoms with E-state index < -0.39 is 15.7 Å². The Morgan fingerprint density at radius 1 is 1.27 bits per heavy atom. The molecule has 84 valence electrons. The minimum atomic E-state index is -3.35. The molecule has 1 N–H and O–H groups in total. The third kappa shape index (κ3) is 3.60. The first kappa shape index (κ1) is 12.1. The van der Waals surface area contributed by atoms with Gasteiger partial charge in [0.2, 0.25) is 0 Å². The molecular weight excluding hydrogens is 217 g/mol. The zero-order valence-electron chi connectivity index (χ0n) is 8.70.